The molecular weight excluding hydrogens is 346 g/mol. The summed E-state index contributed by atoms with van der Waals surface area (Å²) in [7, 11) is 0. The van der Waals surface area contributed by atoms with E-state index in [0.717, 1.165) is 58.8 Å². The first-order valence-electron chi connectivity index (χ1n) is 8.72. The number of oxazole rings is 1. The lowest BCUT2D eigenvalue weighted by Crippen LogP contribution is -2.34. The number of fused-ring (bicyclic) bond motifs is 1. The van der Waals surface area contributed by atoms with Crippen molar-refractivity contribution in [3.8, 4) is 10.7 Å². The van der Waals surface area contributed by atoms with Gasteiger partial charge in [0.1, 0.15) is 11.2 Å². The molecule has 1 aliphatic heterocycles. The standard InChI is InChI=1S/C19H17N5OS/c1-2-9-16-14(7-1)21-17(25-16)13-6-5-11-24(12-13)19-23-22-18(26-19)15-8-3-4-10-20-15/h1-4,7-10,13H,5-6,11-12H2. The first-order chi connectivity index (χ1) is 12.9. The van der Waals surface area contributed by atoms with Gasteiger partial charge in [-0.3, -0.25) is 4.98 Å². The van der Waals surface area contributed by atoms with Crippen LogP contribution in [0.5, 0.6) is 0 Å². The molecule has 0 radical (unpaired) electrons. The largest absolute Gasteiger partial charge is 0.440 e. The van der Waals surface area contributed by atoms with Gasteiger partial charge in [-0.25, -0.2) is 4.98 Å². The number of nitrogens with zero attached hydrogens (tertiary/aromatic N) is 5. The van der Waals surface area contributed by atoms with Crippen molar-refractivity contribution in [1.82, 2.24) is 20.2 Å². The third kappa shape index (κ3) is 2.84. The molecule has 3 aromatic heterocycles. The second-order valence-corrected chi connectivity index (χ2v) is 7.37. The van der Waals surface area contributed by atoms with Crippen molar-refractivity contribution in [1.29, 1.82) is 0 Å². The zero-order valence-corrected chi connectivity index (χ0v) is 14.9. The predicted octanol–water partition coefficient (Wildman–Crippen LogP) is 4.13. The Balaban J connectivity index is 1.38. The molecule has 0 spiro atoms. The molecule has 0 bridgehead atoms. The fourth-order valence-corrected chi connectivity index (χ4v) is 4.21. The highest BCUT2D eigenvalue weighted by atomic mass is 32.1. The lowest BCUT2D eigenvalue weighted by Gasteiger charge is -2.30. The maximum atomic E-state index is 5.99. The van der Waals surface area contributed by atoms with Gasteiger partial charge in [-0.15, -0.1) is 10.2 Å². The molecule has 130 valence electrons. The molecular formula is C19H17N5OS. The third-order valence-corrected chi connectivity index (χ3v) is 5.66. The Morgan fingerprint density at radius 2 is 2.00 bits per heavy atom. The maximum absolute atomic E-state index is 5.99. The molecule has 0 saturated carbocycles. The Morgan fingerprint density at radius 3 is 2.88 bits per heavy atom. The average Bonchev–Trinajstić information content (AvgIpc) is 3.36. The van der Waals surface area contributed by atoms with Crippen molar-refractivity contribution in [2.75, 3.05) is 18.0 Å². The maximum Gasteiger partial charge on any atom is 0.208 e. The van der Waals surface area contributed by atoms with E-state index < -0.39 is 0 Å². The first-order valence-corrected chi connectivity index (χ1v) is 9.54. The molecule has 1 unspecified atom stereocenters. The highest BCUT2D eigenvalue weighted by molar-refractivity contribution is 7.18. The van der Waals surface area contributed by atoms with Gasteiger partial charge in [0, 0.05) is 19.3 Å². The monoisotopic (exact) mass is 363 g/mol. The number of para-hydroxylation sites is 2. The summed E-state index contributed by atoms with van der Waals surface area (Å²) in [6, 6.07) is 13.8. The van der Waals surface area contributed by atoms with Crippen LogP contribution in [-0.4, -0.2) is 33.3 Å². The topological polar surface area (TPSA) is 67.9 Å². The number of benzene rings is 1. The zero-order chi connectivity index (χ0) is 17.3. The molecule has 26 heavy (non-hydrogen) atoms. The molecule has 4 heterocycles. The van der Waals surface area contributed by atoms with Crippen LogP contribution >= 0.6 is 11.3 Å². The minimum Gasteiger partial charge on any atom is -0.440 e. The van der Waals surface area contributed by atoms with Gasteiger partial charge in [0.2, 0.25) is 5.13 Å². The number of pyridine rings is 1. The fraction of sp³-hybridized carbons (Fsp3) is 0.263. The van der Waals surface area contributed by atoms with Gasteiger partial charge < -0.3 is 9.32 Å². The van der Waals surface area contributed by atoms with Crippen LogP contribution in [-0.2, 0) is 0 Å². The van der Waals surface area contributed by atoms with Crippen LogP contribution in [0.4, 0.5) is 5.13 Å². The molecule has 7 heteroatoms. The minimum absolute atomic E-state index is 0.276. The van der Waals surface area contributed by atoms with E-state index >= 15 is 0 Å². The SMILES string of the molecule is c1ccc(-c2nnc(N3CCCC(c4nc5ccccc5o4)C3)s2)nc1. The summed E-state index contributed by atoms with van der Waals surface area (Å²) in [4.78, 5) is 11.3. The highest BCUT2D eigenvalue weighted by Gasteiger charge is 2.27. The van der Waals surface area contributed by atoms with Crippen LogP contribution in [0.15, 0.2) is 53.1 Å². The summed E-state index contributed by atoms with van der Waals surface area (Å²) in [6.07, 6.45) is 3.94. The Kier molecular flexibility index (Phi) is 3.86. The third-order valence-electron chi connectivity index (χ3n) is 4.65. The van der Waals surface area contributed by atoms with Gasteiger partial charge in [-0.1, -0.05) is 29.5 Å². The number of aromatic nitrogens is 4. The number of piperidine rings is 1. The lowest BCUT2D eigenvalue weighted by molar-refractivity contribution is 0.413. The molecule has 4 aromatic rings. The van der Waals surface area contributed by atoms with Gasteiger partial charge in [-0.05, 0) is 37.1 Å². The van der Waals surface area contributed by atoms with Crippen molar-refractivity contribution in [3.05, 3.63) is 54.6 Å². The number of hydrogen-bond acceptors (Lipinski definition) is 7. The molecule has 0 amide bonds. The van der Waals surface area contributed by atoms with E-state index in [1.807, 2.05) is 42.5 Å². The highest BCUT2D eigenvalue weighted by Crippen LogP contribution is 2.34. The van der Waals surface area contributed by atoms with E-state index in [9.17, 15) is 0 Å². The van der Waals surface area contributed by atoms with Crippen molar-refractivity contribution < 1.29 is 4.42 Å². The van der Waals surface area contributed by atoms with Gasteiger partial charge in [-0.2, -0.15) is 0 Å². The van der Waals surface area contributed by atoms with Crippen LogP contribution in [0, 0.1) is 0 Å². The summed E-state index contributed by atoms with van der Waals surface area (Å²) in [6.45, 7) is 1.83. The average molecular weight is 363 g/mol. The van der Waals surface area contributed by atoms with Crippen LogP contribution in [0.2, 0.25) is 0 Å². The Hall–Kier alpha value is -2.80. The smallest absolute Gasteiger partial charge is 0.208 e. The van der Waals surface area contributed by atoms with E-state index in [2.05, 4.69) is 25.1 Å². The van der Waals surface area contributed by atoms with Crippen LogP contribution in [0.3, 0.4) is 0 Å². The van der Waals surface area contributed by atoms with Gasteiger partial charge in [0.25, 0.3) is 0 Å². The van der Waals surface area contributed by atoms with Crippen LogP contribution in [0.25, 0.3) is 21.8 Å². The van der Waals surface area contributed by atoms with E-state index in [4.69, 9.17) is 4.42 Å². The van der Waals surface area contributed by atoms with Crippen molar-refractivity contribution >= 4 is 27.6 Å². The Bertz CT molecular complexity index is 996. The van der Waals surface area contributed by atoms with Gasteiger partial charge in [0.15, 0.2) is 16.5 Å². The van der Waals surface area contributed by atoms with Gasteiger partial charge in [0.05, 0.1) is 5.92 Å². The molecule has 6 nitrogen and oxygen atoms in total. The number of rotatable bonds is 3. The van der Waals surface area contributed by atoms with E-state index in [0.29, 0.717) is 0 Å². The second-order valence-electron chi connectivity index (χ2n) is 6.41. The molecule has 0 aliphatic carbocycles. The Labute approximate surface area is 154 Å². The normalized spacial score (nSPS) is 17.7. The molecule has 1 aromatic carbocycles. The number of anilines is 1. The summed E-state index contributed by atoms with van der Waals surface area (Å²) in [5.74, 6) is 1.10. The van der Waals surface area contributed by atoms with Crippen molar-refractivity contribution in [2.45, 2.75) is 18.8 Å². The van der Waals surface area contributed by atoms with Crippen molar-refractivity contribution in [2.24, 2.45) is 0 Å². The fourth-order valence-electron chi connectivity index (χ4n) is 3.35. The minimum atomic E-state index is 0.276. The van der Waals surface area contributed by atoms with E-state index in [1.54, 1.807) is 17.5 Å². The summed E-state index contributed by atoms with van der Waals surface area (Å²) in [5.41, 5.74) is 2.64. The molecule has 1 saturated heterocycles. The zero-order valence-electron chi connectivity index (χ0n) is 14.1. The van der Waals surface area contributed by atoms with Crippen LogP contribution in [0.1, 0.15) is 24.7 Å². The first kappa shape index (κ1) is 15.5. The molecule has 1 aliphatic rings. The molecule has 1 fully saturated rings. The lowest BCUT2D eigenvalue weighted by atomic mass is 9.98. The number of hydrogen-bond donors (Lipinski definition) is 0. The molecule has 0 N–H and O–H groups in total. The molecule has 1 atom stereocenters. The van der Waals surface area contributed by atoms with Crippen molar-refractivity contribution in [3.63, 3.8) is 0 Å². The van der Waals surface area contributed by atoms with E-state index in [-0.39, 0.29) is 5.92 Å². The quantitative estimate of drug-likeness (QED) is 0.545. The summed E-state index contributed by atoms with van der Waals surface area (Å²) < 4.78 is 5.99. The van der Waals surface area contributed by atoms with Crippen LogP contribution < -0.4 is 4.90 Å². The Morgan fingerprint density at radius 1 is 1.08 bits per heavy atom. The van der Waals surface area contributed by atoms with Gasteiger partial charge >= 0.3 is 0 Å². The van der Waals surface area contributed by atoms with E-state index in [1.165, 1.54) is 0 Å². The summed E-state index contributed by atoms with van der Waals surface area (Å²) in [5, 5.41) is 10.5. The summed E-state index contributed by atoms with van der Waals surface area (Å²) >= 11 is 1.58. The predicted molar refractivity (Wildman–Crippen MR) is 101 cm³/mol. The second kappa shape index (κ2) is 6.49. The molecule has 5 rings (SSSR count).